The molecule has 2 N–H and O–H groups in total. The van der Waals surface area contributed by atoms with Crippen molar-refractivity contribution in [1.82, 2.24) is 5.16 Å². The maximum atomic E-state index is 12.1. The van der Waals surface area contributed by atoms with Crippen molar-refractivity contribution >= 4 is 35.1 Å². The molecule has 0 fully saturated rings. The van der Waals surface area contributed by atoms with Gasteiger partial charge in [-0.15, -0.1) is 11.8 Å². The standard InChI is InChI=1S/C13H11N3O3S/c1-7-4-11(16-19-7)15-13(18)8-2-3-10-9(5-8)14-12(17)6-20-10/h2-5H,6H2,1H3,(H,14,17)(H,15,16,18). The Kier molecular flexibility index (Phi) is 3.19. The molecule has 7 heteroatoms. The Labute approximate surface area is 118 Å². The average Bonchev–Trinajstić information content (AvgIpc) is 2.83. The molecule has 6 nitrogen and oxygen atoms in total. The number of hydrogen-bond acceptors (Lipinski definition) is 5. The Balaban J connectivity index is 1.81. The van der Waals surface area contributed by atoms with Crippen molar-refractivity contribution < 1.29 is 14.1 Å². The number of aryl methyl sites for hydroxylation is 1. The van der Waals surface area contributed by atoms with Gasteiger partial charge in [-0.1, -0.05) is 5.16 Å². The number of carbonyl (C=O) groups is 2. The van der Waals surface area contributed by atoms with Crippen LogP contribution in [0.15, 0.2) is 33.7 Å². The number of fused-ring (bicyclic) bond motifs is 1. The molecule has 1 aromatic carbocycles. The number of amides is 2. The third-order valence-electron chi connectivity index (χ3n) is 2.74. The molecular formula is C13H11N3O3S. The second-order valence-corrected chi connectivity index (χ2v) is 5.34. The van der Waals surface area contributed by atoms with E-state index in [1.54, 1.807) is 25.1 Å². The van der Waals surface area contributed by atoms with Gasteiger partial charge in [0.1, 0.15) is 5.76 Å². The zero-order chi connectivity index (χ0) is 14.1. The van der Waals surface area contributed by atoms with Gasteiger partial charge in [-0.2, -0.15) is 0 Å². The molecule has 0 radical (unpaired) electrons. The van der Waals surface area contributed by atoms with Crippen LogP contribution in [0.25, 0.3) is 0 Å². The molecule has 0 unspecified atom stereocenters. The van der Waals surface area contributed by atoms with Gasteiger partial charge < -0.3 is 15.2 Å². The second-order valence-electron chi connectivity index (χ2n) is 4.32. The van der Waals surface area contributed by atoms with E-state index < -0.39 is 0 Å². The van der Waals surface area contributed by atoms with Gasteiger partial charge in [-0.05, 0) is 25.1 Å². The van der Waals surface area contributed by atoms with Crippen LogP contribution in [0.4, 0.5) is 11.5 Å². The van der Waals surface area contributed by atoms with Gasteiger partial charge in [-0.25, -0.2) is 0 Å². The third-order valence-corrected chi connectivity index (χ3v) is 3.82. The second kappa shape index (κ2) is 5.01. The summed E-state index contributed by atoms with van der Waals surface area (Å²) in [7, 11) is 0. The molecule has 1 aromatic heterocycles. The number of nitrogens with one attached hydrogen (secondary N) is 2. The number of nitrogens with zero attached hydrogens (tertiary/aromatic N) is 1. The Morgan fingerprint density at radius 1 is 1.45 bits per heavy atom. The summed E-state index contributed by atoms with van der Waals surface area (Å²) in [5.41, 5.74) is 1.11. The highest BCUT2D eigenvalue weighted by Crippen LogP contribution is 2.32. The normalized spacial score (nSPS) is 13.6. The Bertz CT molecular complexity index is 696. The summed E-state index contributed by atoms with van der Waals surface area (Å²) < 4.78 is 4.88. The first kappa shape index (κ1) is 12.7. The van der Waals surface area contributed by atoms with Crippen molar-refractivity contribution in [3.63, 3.8) is 0 Å². The zero-order valence-corrected chi connectivity index (χ0v) is 11.4. The lowest BCUT2D eigenvalue weighted by molar-refractivity contribution is -0.113. The molecular weight excluding hydrogens is 278 g/mol. The molecule has 2 amide bonds. The number of benzene rings is 1. The number of carbonyl (C=O) groups excluding carboxylic acids is 2. The molecule has 0 aliphatic carbocycles. The van der Waals surface area contributed by atoms with Crippen LogP contribution in [0.3, 0.4) is 0 Å². The number of aromatic nitrogens is 1. The zero-order valence-electron chi connectivity index (χ0n) is 10.6. The van der Waals surface area contributed by atoms with E-state index in [1.165, 1.54) is 11.8 Å². The van der Waals surface area contributed by atoms with Gasteiger partial charge >= 0.3 is 0 Å². The van der Waals surface area contributed by atoms with E-state index in [-0.39, 0.29) is 11.8 Å². The fourth-order valence-electron chi connectivity index (χ4n) is 1.84. The molecule has 2 aromatic rings. The summed E-state index contributed by atoms with van der Waals surface area (Å²) >= 11 is 1.45. The van der Waals surface area contributed by atoms with Crippen LogP contribution in [0.5, 0.6) is 0 Å². The number of rotatable bonds is 2. The Morgan fingerprint density at radius 2 is 2.30 bits per heavy atom. The minimum absolute atomic E-state index is 0.0628. The highest BCUT2D eigenvalue weighted by atomic mass is 32.2. The van der Waals surface area contributed by atoms with Crippen molar-refractivity contribution in [2.75, 3.05) is 16.4 Å². The molecule has 0 saturated heterocycles. The maximum absolute atomic E-state index is 12.1. The minimum Gasteiger partial charge on any atom is -0.360 e. The molecule has 3 rings (SSSR count). The molecule has 0 saturated carbocycles. The van der Waals surface area contributed by atoms with E-state index in [0.29, 0.717) is 28.6 Å². The van der Waals surface area contributed by atoms with Crippen LogP contribution in [-0.2, 0) is 4.79 Å². The highest BCUT2D eigenvalue weighted by Gasteiger charge is 2.17. The van der Waals surface area contributed by atoms with E-state index in [9.17, 15) is 9.59 Å². The average molecular weight is 289 g/mol. The predicted octanol–water partition coefficient (Wildman–Crippen LogP) is 2.28. The molecule has 1 aliphatic heterocycles. The first-order chi connectivity index (χ1) is 9.61. The Hall–Kier alpha value is -2.28. The molecule has 0 atom stereocenters. The fraction of sp³-hybridized carbons (Fsp3) is 0.154. The van der Waals surface area contributed by atoms with Gasteiger partial charge in [0.05, 0.1) is 11.4 Å². The molecule has 0 bridgehead atoms. The first-order valence-corrected chi connectivity index (χ1v) is 6.92. The molecule has 0 spiro atoms. The first-order valence-electron chi connectivity index (χ1n) is 5.93. The third kappa shape index (κ3) is 2.53. The van der Waals surface area contributed by atoms with Crippen molar-refractivity contribution in [2.45, 2.75) is 11.8 Å². The van der Waals surface area contributed by atoms with Gasteiger partial charge in [0.15, 0.2) is 5.82 Å². The van der Waals surface area contributed by atoms with Crippen LogP contribution in [0.1, 0.15) is 16.1 Å². The van der Waals surface area contributed by atoms with Gasteiger partial charge in [0.2, 0.25) is 5.91 Å². The van der Waals surface area contributed by atoms with Crippen molar-refractivity contribution in [3.8, 4) is 0 Å². The van der Waals surface area contributed by atoms with E-state index in [2.05, 4.69) is 15.8 Å². The van der Waals surface area contributed by atoms with Crippen molar-refractivity contribution in [2.24, 2.45) is 0 Å². The highest BCUT2D eigenvalue weighted by molar-refractivity contribution is 8.00. The molecule has 102 valence electrons. The van der Waals surface area contributed by atoms with Crippen LogP contribution >= 0.6 is 11.8 Å². The fourth-order valence-corrected chi connectivity index (χ4v) is 2.63. The molecule has 1 aliphatic rings. The van der Waals surface area contributed by atoms with Crippen LogP contribution < -0.4 is 10.6 Å². The largest absolute Gasteiger partial charge is 0.360 e. The SMILES string of the molecule is Cc1cc(NC(=O)c2ccc3c(c2)NC(=O)CS3)no1. The lowest BCUT2D eigenvalue weighted by atomic mass is 10.2. The summed E-state index contributed by atoms with van der Waals surface area (Å²) in [6.45, 7) is 1.74. The summed E-state index contributed by atoms with van der Waals surface area (Å²) in [6, 6.07) is 6.82. The van der Waals surface area contributed by atoms with Crippen molar-refractivity contribution in [1.29, 1.82) is 0 Å². The smallest absolute Gasteiger partial charge is 0.256 e. The van der Waals surface area contributed by atoms with E-state index in [4.69, 9.17) is 4.52 Å². The quantitative estimate of drug-likeness (QED) is 0.886. The van der Waals surface area contributed by atoms with E-state index in [1.807, 2.05) is 6.07 Å². The van der Waals surface area contributed by atoms with Crippen molar-refractivity contribution in [3.05, 3.63) is 35.6 Å². The van der Waals surface area contributed by atoms with E-state index in [0.717, 1.165) is 4.90 Å². The summed E-state index contributed by atoms with van der Waals surface area (Å²) in [5.74, 6) is 1.02. The van der Waals surface area contributed by atoms with E-state index >= 15 is 0 Å². The number of thioether (sulfide) groups is 1. The van der Waals surface area contributed by atoms with Crippen LogP contribution in [0.2, 0.25) is 0 Å². The summed E-state index contributed by atoms with van der Waals surface area (Å²) in [4.78, 5) is 24.4. The topological polar surface area (TPSA) is 84.2 Å². The number of anilines is 2. The Morgan fingerprint density at radius 3 is 3.05 bits per heavy atom. The van der Waals surface area contributed by atoms with Gasteiger partial charge in [0, 0.05) is 16.5 Å². The van der Waals surface area contributed by atoms with Crippen LogP contribution in [0, 0.1) is 6.92 Å². The molecule has 2 heterocycles. The van der Waals surface area contributed by atoms with Gasteiger partial charge in [-0.3, -0.25) is 9.59 Å². The molecule has 20 heavy (non-hydrogen) atoms. The van der Waals surface area contributed by atoms with Crippen LogP contribution in [-0.4, -0.2) is 22.7 Å². The predicted molar refractivity (Wildman–Crippen MR) is 75.0 cm³/mol. The summed E-state index contributed by atoms with van der Waals surface area (Å²) in [6.07, 6.45) is 0. The monoisotopic (exact) mass is 289 g/mol. The summed E-state index contributed by atoms with van der Waals surface area (Å²) in [5, 5.41) is 9.08. The maximum Gasteiger partial charge on any atom is 0.256 e. The van der Waals surface area contributed by atoms with Gasteiger partial charge in [0.25, 0.3) is 5.91 Å². The lowest BCUT2D eigenvalue weighted by Gasteiger charge is -2.16. The minimum atomic E-state index is -0.300. The number of hydrogen-bond donors (Lipinski definition) is 2. The lowest BCUT2D eigenvalue weighted by Crippen LogP contribution is -2.20.